The molecule has 6 heteroatoms. The molecule has 2 aromatic heterocycles. The van der Waals surface area contributed by atoms with Crippen LogP contribution < -0.4 is 10.6 Å². The van der Waals surface area contributed by atoms with Gasteiger partial charge < -0.3 is 10.6 Å². The molecule has 3 aromatic rings. The van der Waals surface area contributed by atoms with Crippen molar-refractivity contribution < 1.29 is 4.79 Å². The van der Waals surface area contributed by atoms with Crippen LogP contribution in [0.4, 0.5) is 17.1 Å². The number of amides is 1. The third kappa shape index (κ3) is 3.54. The monoisotopic (exact) mass is 320 g/mol. The molecule has 0 saturated carbocycles. The topological polar surface area (TPSA) is 77.8 Å². The highest BCUT2D eigenvalue weighted by Crippen LogP contribution is 2.25. The first-order valence-corrected chi connectivity index (χ1v) is 7.70. The maximum absolute atomic E-state index is 12.3. The van der Waals surface area contributed by atoms with E-state index in [0.717, 1.165) is 11.4 Å². The second-order valence-corrected chi connectivity index (χ2v) is 5.59. The summed E-state index contributed by atoms with van der Waals surface area (Å²) in [6.45, 7) is 0. The zero-order valence-corrected chi connectivity index (χ0v) is 12.8. The van der Waals surface area contributed by atoms with Gasteiger partial charge in [0.15, 0.2) is 0 Å². The number of nitriles is 1. The van der Waals surface area contributed by atoms with Gasteiger partial charge in [0.25, 0.3) is 5.91 Å². The average molecular weight is 320 g/mol. The van der Waals surface area contributed by atoms with Crippen molar-refractivity contribution in [3.8, 4) is 6.07 Å². The minimum Gasteiger partial charge on any atom is -0.354 e. The van der Waals surface area contributed by atoms with E-state index in [-0.39, 0.29) is 5.91 Å². The minimum absolute atomic E-state index is 0.263. The molecule has 0 radical (unpaired) electrons. The van der Waals surface area contributed by atoms with Gasteiger partial charge in [-0.3, -0.25) is 9.78 Å². The molecule has 112 valence electrons. The summed E-state index contributed by atoms with van der Waals surface area (Å²) in [6, 6.07) is 15.0. The molecular weight excluding hydrogens is 308 g/mol. The van der Waals surface area contributed by atoms with Crippen molar-refractivity contribution in [3.63, 3.8) is 0 Å². The second kappa shape index (κ2) is 6.73. The molecule has 23 heavy (non-hydrogen) atoms. The number of carbonyl (C=O) groups excluding carboxylic acids is 1. The van der Waals surface area contributed by atoms with Gasteiger partial charge in [-0.2, -0.15) is 5.26 Å². The number of benzene rings is 1. The molecule has 0 aliphatic heterocycles. The summed E-state index contributed by atoms with van der Waals surface area (Å²) in [5, 5.41) is 16.6. The van der Waals surface area contributed by atoms with Crippen LogP contribution in [0.2, 0.25) is 0 Å². The summed E-state index contributed by atoms with van der Waals surface area (Å²) in [7, 11) is 0. The Bertz CT molecular complexity index is 868. The Balaban J connectivity index is 1.80. The largest absolute Gasteiger partial charge is 0.354 e. The molecule has 1 amide bonds. The zero-order valence-electron chi connectivity index (χ0n) is 12.0. The van der Waals surface area contributed by atoms with Crippen LogP contribution in [0.5, 0.6) is 0 Å². The van der Waals surface area contributed by atoms with E-state index in [1.807, 2.05) is 36.4 Å². The number of nitrogens with zero attached hydrogens (tertiary/aromatic N) is 2. The molecule has 0 spiro atoms. The lowest BCUT2D eigenvalue weighted by Gasteiger charge is -2.12. The van der Waals surface area contributed by atoms with Crippen LogP contribution in [0.3, 0.4) is 0 Å². The molecule has 5 nitrogen and oxygen atoms in total. The number of pyridine rings is 1. The maximum atomic E-state index is 12.3. The van der Waals surface area contributed by atoms with E-state index in [2.05, 4.69) is 15.6 Å². The third-order valence-corrected chi connectivity index (χ3v) is 4.00. The van der Waals surface area contributed by atoms with Crippen molar-refractivity contribution >= 4 is 34.3 Å². The predicted octanol–water partition coefficient (Wildman–Crippen LogP) is 4.01. The van der Waals surface area contributed by atoms with Crippen molar-refractivity contribution in [2.75, 3.05) is 10.6 Å². The summed E-state index contributed by atoms with van der Waals surface area (Å²) in [6.07, 6.45) is 3.24. The fourth-order valence-electron chi connectivity index (χ4n) is 1.98. The first kappa shape index (κ1) is 14.8. The van der Waals surface area contributed by atoms with Crippen LogP contribution in [-0.2, 0) is 0 Å². The lowest BCUT2D eigenvalue weighted by molar-refractivity contribution is 0.103. The summed E-state index contributed by atoms with van der Waals surface area (Å²) >= 11 is 1.24. The summed E-state index contributed by atoms with van der Waals surface area (Å²) in [5.41, 5.74) is 2.72. The number of aromatic nitrogens is 1. The normalized spacial score (nSPS) is 9.87. The highest BCUT2D eigenvalue weighted by atomic mass is 32.1. The number of nitrogens with one attached hydrogen (secondary N) is 2. The summed E-state index contributed by atoms with van der Waals surface area (Å²) < 4.78 is 0. The van der Waals surface area contributed by atoms with E-state index in [9.17, 15) is 4.79 Å². The molecule has 0 aliphatic rings. The molecule has 1 aromatic carbocycles. The highest BCUT2D eigenvalue weighted by Gasteiger charge is 2.12. The van der Waals surface area contributed by atoms with Gasteiger partial charge in [0.2, 0.25) is 0 Å². The number of anilines is 3. The second-order valence-electron chi connectivity index (χ2n) is 4.68. The van der Waals surface area contributed by atoms with Crippen LogP contribution in [-0.4, -0.2) is 10.9 Å². The molecule has 2 heterocycles. The van der Waals surface area contributed by atoms with Gasteiger partial charge in [-0.05, 0) is 24.3 Å². The number of carbonyl (C=O) groups is 1. The Labute approximate surface area is 137 Å². The van der Waals surface area contributed by atoms with Gasteiger partial charge in [-0.25, -0.2) is 0 Å². The molecule has 0 bridgehead atoms. The third-order valence-electron chi connectivity index (χ3n) is 3.07. The molecule has 2 N–H and O–H groups in total. The van der Waals surface area contributed by atoms with Gasteiger partial charge in [-0.1, -0.05) is 18.2 Å². The van der Waals surface area contributed by atoms with Crippen molar-refractivity contribution in [3.05, 3.63) is 70.7 Å². The lowest BCUT2D eigenvalue weighted by atomic mass is 10.2. The predicted molar refractivity (Wildman–Crippen MR) is 90.9 cm³/mol. The molecule has 3 rings (SSSR count). The van der Waals surface area contributed by atoms with E-state index in [1.165, 1.54) is 11.3 Å². The highest BCUT2D eigenvalue weighted by molar-refractivity contribution is 7.12. The van der Waals surface area contributed by atoms with Crippen molar-refractivity contribution in [1.82, 2.24) is 4.98 Å². The van der Waals surface area contributed by atoms with Gasteiger partial charge in [-0.15, -0.1) is 11.3 Å². The Morgan fingerprint density at radius 3 is 2.74 bits per heavy atom. The van der Waals surface area contributed by atoms with Crippen LogP contribution in [0, 0.1) is 11.3 Å². The van der Waals surface area contributed by atoms with Gasteiger partial charge in [0.1, 0.15) is 6.07 Å². The maximum Gasteiger partial charge on any atom is 0.265 e. The number of thiophene rings is 1. The first-order chi connectivity index (χ1) is 11.3. The van der Waals surface area contributed by atoms with Gasteiger partial charge in [0.05, 0.1) is 28.0 Å². The van der Waals surface area contributed by atoms with Gasteiger partial charge >= 0.3 is 0 Å². The van der Waals surface area contributed by atoms with E-state index >= 15 is 0 Å². The molecule has 0 unspecified atom stereocenters. The van der Waals surface area contributed by atoms with Crippen LogP contribution in [0.15, 0.2) is 60.2 Å². The number of rotatable bonds is 4. The Kier molecular flexibility index (Phi) is 4.32. The molecule has 0 aliphatic carbocycles. The summed E-state index contributed by atoms with van der Waals surface area (Å²) in [5.74, 6) is -0.263. The van der Waals surface area contributed by atoms with Crippen LogP contribution in [0.1, 0.15) is 15.2 Å². The Morgan fingerprint density at radius 2 is 2.00 bits per heavy atom. The molecular formula is C17H12N4OS. The van der Waals surface area contributed by atoms with E-state index in [0.29, 0.717) is 16.1 Å². The van der Waals surface area contributed by atoms with Crippen LogP contribution in [0.25, 0.3) is 0 Å². The Hall–Kier alpha value is -3.17. The van der Waals surface area contributed by atoms with Gasteiger partial charge in [0, 0.05) is 17.3 Å². The fourth-order valence-corrected chi connectivity index (χ4v) is 2.71. The molecule has 0 fully saturated rings. The smallest absolute Gasteiger partial charge is 0.265 e. The first-order valence-electron chi connectivity index (χ1n) is 6.82. The van der Waals surface area contributed by atoms with Crippen LogP contribution >= 0.6 is 11.3 Å². The fraction of sp³-hybridized carbons (Fsp3) is 0. The van der Waals surface area contributed by atoms with E-state index in [1.54, 1.807) is 29.9 Å². The number of hydrogen-bond donors (Lipinski definition) is 2. The average Bonchev–Trinajstić information content (AvgIpc) is 3.07. The lowest BCUT2D eigenvalue weighted by Crippen LogP contribution is -2.11. The summed E-state index contributed by atoms with van der Waals surface area (Å²) in [4.78, 5) is 16.8. The van der Waals surface area contributed by atoms with E-state index < -0.39 is 0 Å². The standard InChI is InChI=1S/C17H12N4OS/c18-9-12-8-16(23-11-12)17(22)21-15-10-19-7-6-14(15)20-13-4-2-1-3-5-13/h1-8,10-11H,(H,19,20)(H,21,22). The van der Waals surface area contributed by atoms with Crippen molar-refractivity contribution in [2.45, 2.75) is 0 Å². The quantitative estimate of drug-likeness (QED) is 0.761. The number of para-hydroxylation sites is 1. The van der Waals surface area contributed by atoms with Crippen molar-refractivity contribution in [1.29, 1.82) is 5.26 Å². The Morgan fingerprint density at radius 1 is 1.17 bits per heavy atom. The SMILES string of the molecule is N#Cc1csc(C(=O)Nc2cnccc2Nc2ccccc2)c1. The zero-order chi connectivity index (χ0) is 16.1. The molecule has 0 atom stereocenters. The molecule has 0 saturated heterocycles. The van der Waals surface area contributed by atoms with Crippen molar-refractivity contribution in [2.24, 2.45) is 0 Å². The number of hydrogen-bond acceptors (Lipinski definition) is 5. The minimum atomic E-state index is -0.263. The van der Waals surface area contributed by atoms with E-state index in [4.69, 9.17) is 5.26 Å².